The molecule has 0 bridgehead atoms. The third kappa shape index (κ3) is 4.07. The van der Waals surface area contributed by atoms with Gasteiger partial charge in [0.1, 0.15) is 17.4 Å². The number of hydrogen-bond donors (Lipinski definition) is 2. The minimum atomic E-state index is -0.448. The van der Waals surface area contributed by atoms with Crippen LogP contribution in [0.15, 0.2) is 24.3 Å². The van der Waals surface area contributed by atoms with Gasteiger partial charge in [-0.1, -0.05) is 31.4 Å². The second kappa shape index (κ2) is 9.29. The normalized spacial score (nSPS) is 22.0. The van der Waals surface area contributed by atoms with E-state index >= 15 is 0 Å². The second-order valence-corrected chi connectivity index (χ2v) is 9.60. The molecule has 1 atom stereocenters. The van der Waals surface area contributed by atoms with E-state index in [1.165, 1.54) is 6.42 Å². The summed E-state index contributed by atoms with van der Waals surface area (Å²) in [7, 11) is 3.60. The number of fused-ring (bicyclic) bond motifs is 1. The summed E-state index contributed by atoms with van der Waals surface area (Å²) in [4.78, 5) is 26.0. The molecule has 3 heterocycles. The Labute approximate surface area is 196 Å². The number of anilines is 1. The average Bonchev–Trinajstić information content (AvgIpc) is 3.43. The molecule has 1 aliphatic carbocycles. The number of methoxy groups -OCH3 is 1. The summed E-state index contributed by atoms with van der Waals surface area (Å²) in [6.45, 7) is 2.28. The van der Waals surface area contributed by atoms with Crippen LogP contribution in [0, 0.1) is 0 Å². The molecule has 1 aromatic heterocycles. The number of amides is 1. The Hall–Kier alpha value is -2.67. The molecule has 2 N–H and O–H groups in total. The van der Waals surface area contributed by atoms with Gasteiger partial charge in [0.15, 0.2) is 0 Å². The fourth-order valence-corrected chi connectivity index (χ4v) is 5.88. The van der Waals surface area contributed by atoms with E-state index < -0.39 is 5.41 Å². The molecule has 33 heavy (non-hydrogen) atoms. The molecule has 1 amide bonds. The highest BCUT2D eigenvalue weighted by Crippen LogP contribution is 2.42. The number of aromatic nitrogens is 2. The Kier molecular flexibility index (Phi) is 6.23. The Morgan fingerprint density at radius 2 is 1.94 bits per heavy atom. The zero-order chi connectivity index (χ0) is 22.8. The van der Waals surface area contributed by atoms with Crippen LogP contribution in [0.5, 0.6) is 5.75 Å². The topological polar surface area (TPSA) is 79.4 Å². The van der Waals surface area contributed by atoms with Crippen molar-refractivity contribution < 1.29 is 9.53 Å². The quantitative estimate of drug-likeness (QED) is 0.724. The third-order valence-electron chi connectivity index (χ3n) is 7.74. The summed E-state index contributed by atoms with van der Waals surface area (Å²) in [5, 5.41) is 6.79. The van der Waals surface area contributed by atoms with Crippen LogP contribution in [-0.4, -0.2) is 48.0 Å². The van der Waals surface area contributed by atoms with Gasteiger partial charge >= 0.3 is 0 Å². The number of carbonyl (C=O) groups excluding carboxylic acids is 1. The molecule has 2 fully saturated rings. The number of hydrogen-bond acceptors (Lipinski definition) is 6. The Morgan fingerprint density at radius 1 is 1.15 bits per heavy atom. The lowest BCUT2D eigenvalue weighted by Crippen LogP contribution is -2.50. The highest BCUT2D eigenvalue weighted by atomic mass is 16.5. The van der Waals surface area contributed by atoms with Crippen molar-refractivity contribution in [3.63, 3.8) is 0 Å². The molecule has 1 saturated heterocycles. The van der Waals surface area contributed by atoms with Crippen molar-refractivity contribution in [2.24, 2.45) is 0 Å². The van der Waals surface area contributed by atoms with E-state index in [4.69, 9.17) is 14.7 Å². The Bertz CT molecular complexity index is 994. The summed E-state index contributed by atoms with van der Waals surface area (Å²) in [6.07, 6.45) is 8.19. The summed E-state index contributed by atoms with van der Waals surface area (Å²) in [5.41, 5.74) is 2.83. The van der Waals surface area contributed by atoms with Gasteiger partial charge < -0.3 is 20.3 Å². The molecule has 3 aliphatic rings. The number of rotatable bonds is 5. The number of carbonyl (C=O) groups is 1. The molecule has 0 unspecified atom stereocenters. The van der Waals surface area contributed by atoms with Gasteiger partial charge in [-0.2, -0.15) is 0 Å². The molecular formula is C26H35N5O2. The lowest BCUT2D eigenvalue weighted by atomic mass is 9.68. The summed E-state index contributed by atoms with van der Waals surface area (Å²) in [6, 6.07) is 8.35. The summed E-state index contributed by atoms with van der Waals surface area (Å²) >= 11 is 0. The van der Waals surface area contributed by atoms with E-state index in [0.717, 1.165) is 85.7 Å². The maximum Gasteiger partial charge on any atom is 0.233 e. The monoisotopic (exact) mass is 449 g/mol. The van der Waals surface area contributed by atoms with Gasteiger partial charge in [-0.3, -0.25) is 4.79 Å². The molecule has 7 nitrogen and oxygen atoms in total. The maximum atomic E-state index is 14.2. The predicted molar refractivity (Wildman–Crippen MR) is 128 cm³/mol. The van der Waals surface area contributed by atoms with Crippen LogP contribution in [-0.2, 0) is 23.2 Å². The first-order valence-electron chi connectivity index (χ1n) is 12.4. The van der Waals surface area contributed by atoms with Crippen molar-refractivity contribution in [3.8, 4) is 5.75 Å². The second-order valence-electron chi connectivity index (χ2n) is 9.60. The Morgan fingerprint density at radius 3 is 2.61 bits per heavy atom. The van der Waals surface area contributed by atoms with Crippen LogP contribution in [0.3, 0.4) is 0 Å². The van der Waals surface area contributed by atoms with Crippen molar-refractivity contribution in [1.82, 2.24) is 20.2 Å². The van der Waals surface area contributed by atoms with Crippen molar-refractivity contribution in [3.05, 3.63) is 46.9 Å². The van der Waals surface area contributed by atoms with Crippen molar-refractivity contribution in [1.29, 1.82) is 0 Å². The fraction of sp³-hybridized carbons (Fsp3) is 0.577. The van der Waals surface area contributed by atoms with Gasteiger partial charge in [-0.25, -0.2) is 9.97 Å². The summed E-state index contributed by atoms with van der Waals surface area (Å²) in [5.74, 6) is 2.85. The van der Waals surface area contributed by atoms with E-state index in [-0.39, 0.29) is 11.9 Å². The SMILES string of the molecule is CNc1nc([C@H]2CCCN2)nc2c1CCN(C(=O)C1(c3ccc(OC)cc3)CCCCC1)C2. The van der Waals surface area contributed by atoms with E-state index in [1.807, 2.05) is 19.2 Å². The highest BCUT2D eigenvalue weighted by molar-refractivity contribution is 5.88. The first-order valence-corrected chi connectivity index (χ1v) is 12.4. The van der Waals surface area contributed by atoms with Crippen LogP contribution >= 0.6 is 0 Å². The van der Waals surface area contributed by atoms with Crippen molar-refractivity contribution >= 4 is 11.7 Å². The molecule has 7 heteroatoms. The van der Waals surface area contributed by atoms with Crippen LogP contribution in [0.25, 0.3) is 0 Å². The van der Waals surface area contributed by atoms with E-state index in [2.05, 4.69) is 27.7 Å². The van der Waals surface area contributed by atoms with E-state index in [1.54, 1.807) is 7.11 Å². The predicted octanol–water partition coefficient (Wildman–Crippen LogP) is 3.74. The zero-order valence-electron chi connectivity index (χ0n) is 19.8. The molecule has 1 saturated carbocycles. The minimum absolute atomic E-state index is 0.206. The van der Waals surface area contributed by atoms with Crippen LogP contribution in [0.2, 0.25) is 0 Å². The molecule has 176 valence electrons. The lowest BCUT2D eigenvalue weighted by molar-refractivity contribution is -0.140. The maximum absolute atomic E-state index is 14.2. The number of nitrogens with zero attached hydrogens (tertiary/aromatic N) is 3. The lowest BCUT2D eigenvalue weighted by Gasteiger charge is -2.41. The van der Waals surface area contributed by atoms with Gasteiger partial charge in [0, 0.05) is 19.2 Å². The van der Waals surface area contributed by atoms with Crippen molar-refractivity contribution in [2.75, 3.05) is 32.6 Å². The van der Waals surface area contributed by atoms with Gasteiger partial charge in [0.25, 0.3) is 0 Å². The minimum Gasteiger partial charge on any atom is -0.497 e. The molecule has 1 aromatic carbocycles. The number of ether oxygens (including phenoxy) is 1. The molecule has 2 aromatic rings. The molecule has 0 spiro atoms. The van der Waals surface area contributed by atoms with E-state index in [0.29, 0.717) is 13.1 Å². The van der Waals surface area contributed by atoms with Crippen LogP contribution in [0.1, 0.15) is 73.6 Å². The van der Waals surface area contributed by atoms with Gasteiger partial charge in [0.05, 0.1) is 30.8 Å². The zero-order valence-corrected chi connectivity index (χ0v) is 19.8. The molecule has 2 aliphatic heterocycles. The largest absolute Gasteiger partial charge is 0.497 e. The average molecular weight is 450 g/mol. The Balaban J connectivity index is 1.45. The first-order chi connectivity index (χ1) is 16.1. The van der Waals surface area contributed by atoms with E-state index in [9.17, 15) is 4.79 Å². The van der Waals surface area contributed by atoms with Crippen molar-refractivity contribution in [2.45, 2.75) is 69.4 Å². The summed E-state index contributed by atoms with van der Waals surface area (Å²) < 4.78 is 5.36. The highest BCUT2D eigenvalue weighted by Gasteiger charge is 2.44. The standard InChI is InChI=1S/C26H35N5O2/c1-27-23-20-12-16-31(17-22(20)29-24(30-23)21-7-6-15-28-21)25(32)26(13-4-3-5-14-26)18-8-10-19(33-2)11-9-18/h8-11,21,28H,3-7,12-17H2,1-2H3,(H,27,29,30)/t21-/m1/s1. The molecule has 0 radical (unpaired) electrons. The van der Waals surface area contributed by atoms with Gasteiger partial charge in [0.2, 0.25) is 5.91 Å². The fourth-order valence-electron chi connectivity index (χ4n) is 5.88. The van der Waals surface area contributed by atoms with Crippen LogP contribution < -0.4 is 15.4 Å². The van der Waals surface area contributed by atoms with Gasteiger partial charge in [-0.15, -0.1) is 0 Å². The third-order valence-corrected chi connectivity index (χ3v) is 7.74. The van der Waals surface area contributed by atoms with Gasteiger partial charge in [-0.05, 0) is 56.3 Å². The first kappa shape index (κ1) is 22.1. The number of benzene rings is 1. The van der Waals surface area contributed by atoms with Crippen LogP contribution in [0.4, 0.5) is 5.82 Å². The number of nitrogens with one attached hydrogen (secondary N) is 2. The smallest absolute Gasteiger partial charge is 0.233 e. The molecular weight excluding hydrogens is 414 g/mol. The molecule has 5 rings (SSSR count).